The van der Waals surface area contributed by atoms with Gasteiger partial charge in [-0.1, -0.05) is 0 Å². The third kappa shape index (κ3) is 1.73. The molecule has 1 aromatic heterocycles. The van der Waals surface area contributed by atoms with E-state index >= 15 is 0 Å². The molecule has 1 fully saturated rings. The van der Waals surface area contributed by atoms with Crippen LogP contribution in [0.3, 0.4) is 0 Å². The van der Waals surface area contributed by atoms with Crippen LogP contribution in [0.5, 0.6) is 5.95 Å². The van der Waals surface area contributed by atoms with E-state index in [-0.39, 0.29) is 12.3 Å². The van der Waals surface area contributed by atoms with Crippen molar-refractivity contribution in [2.24, 2.45) is 0 Å². The predicted molar refractivity (Wildman–Crippen MR) is 52.0 cm³/mol. The van der Waals surface area contributed by atoms with Crippen LogP contribution < -0.4 is 14.9 Å². The maximum atomic E-state index is 11.7. The van der Waals surface area contributed by atoms with Crippen LogP contribution >= 0.6 is 0 Å². The third-order valence-electron chi connectivity index (χ3n) is 2.75. The molecule has 0 spiro atoms. The first-order valence-electron chi connectivity index (χ1n) is 4.85. The molecule has 8 heteroatoms. The Balaban J connectivity index is 2.24. The van der Waals surface area contributed by atoms with Gasteiger partial charge in [-0.05, 0) is 13.8 Å². The number of rotatable bonds is 1. The highest BCUT2D eigenvalue weighted by atomic mass is 32.2. The number of sulfone groups is 1. The van der Waals surface area contributed by atoms with Crippen LogP contribution in [-0.4, -0.2) is 37.3 Å². The van der Waals surface area contributed by atoms with Crippen molar-refractivity contribution in [1.82, 2.24) is 5.27 Å². The van der Waals surface area contributed by atoms with E-state index in [1.165, 1.54) is 11.0 Å². The third-order valence-corrected chi connectivity index (χ3v) is 5.28. The molecule has 0 amide bonds. The van der Waals surface area contributed by atoms with Crippen LogP contribution in [0.1, 0.15) is 13.8 Å². The summed E-state index contributed by atoms with van der Waals surface area (Å²) >= 11 is 0. The predicted octanol–water partition coefficient (Wildman–Crippen LogP) is -1.82. The van der Waals surface area contributed by atoms with Crippen LogP contribution in [0, 0.1) is 0 Å². The highest BCUT2D eigenvalue weighted by molar-refractivity contribution is 7.92. The minimum atomic E-state index is -3.09. The van der Waals surface area contributed by atoms with E-state index in [9.17, 15) is 13.5 Å². The molecular weight excluding hydrogens is 234 g/mol. The first kappa shape index (κ1) is 11.2. The van der Waals surface area contributed by atoms with Crippen molar-refractivity contribution in [2.45, 2.75) is 18.6 Å². The molecule has 1 aromatic rings. The van der Waals surface area contributed by atoms with Crippen LogP contribution in [0.15, 0.2) is 10.7 Å². The monoisotopic (exact) mass is 247 g/mol. The van der Waals surface area contributed by atoms with Crippen molar-refractivity contribution in [3.63, 3.8) is 0 Å². The van der Waals surface area contributed by atoms with Crippen LogP contribution in [-0.2, 0) is 9.84 Å². The zero-order valence-electron chi connectivity index (χ0n) is 9.08. The summed E-state index contributed by atoms with van der Waals surface area (Å²) in [6.45, 7) is 3.91. The zero-order chi connectivity index (χ0) is 12.0. The molecule has 7 nitrogen and oxygen atoms in total. The number of hydrogen-bond donors (Lipinski definition) is 0. The van der Waals surface area contributed by atoms with Gasteiger partial charge < -0.3 is 9.63 Å². The quantitative estimate of drug-likeness (QED) is 0.543. The Morgan fingerprint density at radius 1 is 1.62 bits per heavy atom. The summed E-state index contributed by atoms with van der Waals surface area (Å²) in [6, 6.07) is 0. The molecule has 0 unspecified atom stereocenters. The van der Waals surface area contributed by atoms with Gasteiger partial charge in [0, 0.05) is 4.79 Å². The Morgan fingerprint density at radius 2 is 2.31 bits per heavy atom. The van der Waals surface area contributed by atoms with E-state index in [1.54, 1.807) is 18.9 Å². The summed E-state index contributed by atoms with van der Waals surface area (Å²) in [5.41, 5.74) is 0. The van der Waals surface area contributed by atoms with E-state index in [1.807, 2.05) is 0 Å². The summed E-state index contributed by atoms with van der Waals surface area (Å²) in [6.07, 6.45) is 1.19. The van der Waals surface area contributed by atoms with Crippen molar-refractivity contribution >= 4 is 9.84 Å². The molecule has 1 aliphatic rings. The average Bonchev–Trinajstić information content (AvgIpc) is 2.57. The first-order valence-corrected chi connectivity index (χ1v) is 6.50. The fourth-order valence-corrected chi connectivity index (χ4v) is 3.00. The molecule has 0 saturated carbocycles. The van der Waals surface area contributed by atoms with Gasteiger partial charge in [-0.3, -0.25) is 0 Å². The average molecular weight is 247 g/mol. The number of nitrogens with zero attached hydrogens (tertiary/aromatic N) is 3. The maximum absolute atomic E-state index is 11.7. The van der Waals surface area contributed by atoms with E-state index < -0.39 is 20.5 Å². The van der Waals surface area contributed by atoms with Gasteiger partial charge in [0.25, 0.3) is 6.20 Å². The van der Waals surface area contributed by atoms with Gasteiger partial charge in [-0.2, -0.15) is 5.01 Å². The largest absolute Gasteiger partial charge is 0.539 e. The van der Waals surface area contributed by atoms with Crippen molar-refractivity contribution in [1.29, 1.82) is 0 Å². The fourth-order valence-electron chi connectivity index (χ4n) is 1.65. The zero-order valence-corrected chi connectivity index (χ0v) is 9.90. The maximum Gasteiger partial charge on any atom is 0.255 e. The molecule has 16 heavy (non-hydrogen) atoms. The smallest absolute Gasteiger partial charge is 0.255 e. The Morgan fingerprint density at radius 3 is 2.81 bits per heavy atom. The van der Waals surface area contributed by atoms with E-state index in [2.05, 4.69) is 9.79 Å². The fraction of sp³-hybridized carbons (Fsp3) is 0.750. The highest BCUT2D eigenvalue weighted by Crippen LogP contribution is 2.21. The van der Waals surface area contributed by atoms with Gasteiger partial charge >= 0.3 is 0 Å². The second-order valence-electron chi connectivity index (χ2n) is 4.41. The topological polar surface area (TPSA) is 90.3 Å². The molecular formula is C8H13N3O4S. The molecule has 1 saturated heterocycles. The lowest BCUT2D eigenvalue weighted by Gasteiger charge is -2.32. The molecule has 90 valence electrons. The molecule has 0 aliphatic carbocycles. The Bertz CT molecular complexity index is 493. The van der Waals surface area contributed by atoms with Gasteiger partial charge in [0.15, 0.2) is 15.8 Å². The molecule has 0 aromatic carbocycles. The van der Waals surface area contributed by atoms with E-state index in [0.717, 1.165) is 0 Å². The van der Waals surface area contributed by atoms with Crippen LogP contribution in [0.25, 0.3) is 0 Å². The molecule has 0 radical (unpaired) electrons. The van der Waals surface area contributed by atoms with Gasteiger partial charge in [0.1, 0.15) is 5.27 Å². The Labute approximate surface area is 93.1 Å². The summed E-state index contributed by atoms with van der Waals surface area (Å²) in [7, 11) is -3.09. The van der Waals surface area contributed by atoms with Crippen molar-refractivity contribution < 1.29 is 22.8 Å². The first-order chi connectivity index (χ1) is 7.32. The van der Waals surface area contributed by atoms with E-state index in [0.29, 0.717) is 6.54 Å². The van der Waals surface area contributed by atoms with Gasteiger partial charge in [-0.25, -0.2) is 8.42 Å². The van der Waals surface area contributed by atoms with Gasteiger partial charge in [-0.15, -0.1) is 0 Å². The van der Waals surface area contributed by atoms with Gasteiger partial charge in [0.2, 0.25) is 0 Å². The molecule has 1 aliphatic heterocycles. The van der Waals surface area contributed by atoms with Crippen molar-refractivity contribution in [3.05, 3.63) is 6.20 Å². The standard InChI is InChI=1S/C8H13N3O4S/c1-8(2)6-10(3-4-16(8,13)14)11-5-7(12)15-9-11/h5H,3-4,6H2,1-2H3. The molecule has 0 N–H and O–H groups in total. The number of aromatic nitrogens is 2. The lowest BCUT2D eigenvalue weighted by atomic mass is 10.2. The van der Waals surface area contributed by atoms with Crippen molar-refractivity contribution in [3.8, 4) is 5.95 Å². The van der Waals surface area contributed by atoms with Crippen LogP contribution in [0.4, 0.5) is 0 Å². The Kier molecular flexibility index (Phi) is 2.33. The summed E-state index contributed by atoms with van der Waals surface area (Å²) in [5, 5.41) is 16.0. The van der Waals surface area contributed by atoms with Crippen molar-refractivity contribution in [2.75, 3.05) is 23.9 Å². The van der Waals surface area contributed by atoms with E-state index in [4.69, 9.17) is 0 Å². The lowest BCUT2D eigenvalue weighted by Crippen LogP contribution is -2.68. The second-order valence-corrected chi connectivity index (χ2v) is 7.15. The second kappa shape index (κ2) is 3.34. The van der Waals surface area contributed by atoms with Crippen LogP contribution in [0.2, 0.25) is 0 Å². The number of hydrogen-bond acceptors (Lipinski definition) is 6. The summed E-state index contributed by atoms with van der Waals surface area (Å²) in [4.78, 5) is 1.26. The minimum absolute atomic E-state index is 0.0497. The normalized spacial score (nSPS) is 23.2. The molecule has 0 bridgehead atoms. The minimum Gasteiger partial charge on any atom is -0.539 e. The summed E-state index contributed by atoms with van der Waals surface area (Å²) in [5.74, 6) is -0.500. The Hall–Kier alpha value is -1.31. The molecule has 0 atom stereocenters. The molecule has 2 heterocycles. The van der Waals surface area contributed by atoms with Gasteiger partial charge in [0.05, 0.1) is 23.6 Å². The molecule has 2 rings (SSSR count). The summed E-state index contributed by atoms with van der Waals surface area (Å²) < 4.78 is 27.0. The SMILES string of the molecule is CC1(C)CN([n+]2cc([O-])on2)CCS1(=O)=O. The lowest BCUT2D eigenvalue weighted by molar-refractivity contribution is -0.758. The highest BCUT2D eigenvalue weighted by Gasteiger charge is 2.43.